The number of aromatic nitrogens is 4. The maximum atomic E-state index is 7.53. The van der Waals surface area contributed by atoms with E-state index >= 15 is 0 Å². The third-order valence-electron chi connectivity index (χ3n) is 2.62. The lowest BCUT2D eigenvalue weighted by Gasteiger charge is -2.06. The Balaban J connectivity index is 2.08. The maximum absolute atomic E-state index is 7.53. The zero-order chi connectivity index (χ0) is 13.9. The molecule has 1 aromatic carbocycles. The second-order valence-electron chi connectivity index (χ2n) is 3.92. The highest BCUT2D eigenvalue weighted by molar-refractivity contribution is 7.99. The molecule has 0 aliphatic carbocycles. The molecule has 2 aromatic heterocycles. The zero-order valence-electron chi connectivity index (χ0n) is 10.3. The molecule has 0 aliphatic heterocycles. The van der Waals surface area contributed by atoms with Crippen LogP contribution in [0.3, 0.4) is 0 Å². The molecule has 3 aromatic rings. The van der Waals surface area contributed by atoms with E-state index in [1.807, 2.05) is 24.3 Å². The SMILES string of the molecule is N=C(N)c1nccnc1Sc1ncnc2ccccc12. The highest BCUT2D eigenvalue weighted by Crippen LogP contribution is 2.30. The van der Waals surface area contributed by atoms with E-state index in [1.54, 1.807) is 6.20 Å². The fourth-order valence-corrected chi connectivity index (χ4v) is 2.68. The Morgan fingerprint density at radius 2 is 1.80 bits per heavy atom. The number of nitrogens with two attached hydrogens (primary N) is 1. The van der Waals surface area contributed by atoms with Crippen LogP contribution < -0.4 is 5.73 Å². The molecule has 0 bridgehead atoms. The fraction of sp³-hybridized carbons (Fsp3) is 0. The van der Waals surface area contributed by atoms with Gasteiger partial charge >= 0.3 is 0 Å². The summed E-state index contributed by atoms with van der Waals surface area (Å²) in [5.41, 5.74) is 6.74. The Morgan fingerprint density at radius 1 is 1.00 bits per heavy atom. The number of rotatable bonds is 3. The Hall–Kier alpha value is -2.54. The molecular formula is C13H10N6S. The number of hydrogen-bond acceptors (Lipinski definition) is 6. The van der Waals surface area contributed by atoms with Gasteiger partial charge in [0.15, 0.2) is 0 Å². The van der Waals surface area contributed by atoms with E-state index in [1.165, 1.54) is 24.3 Å². The summed E-state index contributed by atoms with van der Waals surface area (Å²) in [6, 6.07) is 7.72. The first-order valence-electron chi connectivity index (χ1n) is 5.78. The van der Waals surface area contributed by atoms with Gasteiger partial charge in [0.05, 0.1) is 5.52 Å². The van der Waals surface area contributed by atoms with Gasteiger partial charge in [-0.3, -0.25) is 5.41 Å². The van der Waals surface area contributed by atoms with Gasteiger partial charge in [-0.1, -0.05) is 18.2 Å². The first-order valence-corrected chi connectivity index (χ1v) is 6.60. The minimum Gasteiger partial charge on any atom is -0.382 e. The van der Waals surface area contributed by atoms with Crippen molar-refractivity contribution < 1.29 is 0 Å². The van der Waals surface area contributed by atoms with Crippen molar-refractivity contribution >= 4 is 28.5 Å². The summed E-state index contributed by atoms with van der Waals surface area (Å²) in [6.45, 7) is 0. The molecule has 98 valence electrons. The van der Waals surface area contributed by atoms with Crippen LogP contribution >= 0.6 is 11.8 Å². The van der Waals surface area contributed by atoms with Crippen molar-refractivity contribution in [3.05, 3.63) is 48.7 Å². The van der Waals surface area contributed by atoms with E-state index in [9.17, 15) is 0 Å². The van der Waals surface area contributed by atoms with Crippen LogP contribution in [0.1, 0.15) is 5.69 Å². The van der Waals surface area contributed by atoms with Crippen molar-refractivity contribution in [1.29, 1.82) is 5.41 Å². The van der Waals surface area contributed by atoms with Gasteiger partial charge in [0.1, 0.15) is 27.9 Å². The monoisotopic (exact) mass is 282 g/mol. The predicted molar refractivity (Wildman–Crippen MR) is 76.7 cm³/mol. The van der Waals surface area contributed by atoms with Gasteiger partial charge in [-0.05, 0) is 17.8 Å². The van der Waals surface area contributed by atoms with Crippen LogP contribution in [-0.4, -0.2) is 25.8 Å². The number of nitrogen functional groups attached to an aromatic ring is 1. The smallest absolute Gasteiger partial charge is 0.144 e. The average molecular weight is 282 g/mol. The van der Waals surface area contributed by atoms with Crippen LogP contribution in [0.2, 0.25) is 0 Å². The number of amidine groups is 1. The molecule has 0 atom stereocenters. The topological polar surface area (TPSA) is 101 Å². The molecule has 0 unspecified atom stereocenters. The average Bonchev–Trinajstić information content (AvgIpc) is 2.48. The molecule has 20 heavy (non-hydrogen) atoms. The Bertz CT molecular complexity index is 783. The van der Waals surface area contributed by atoms with Gasteiger partial charge in [-0.15, -0.1) is 0 Å². The lowest BCUT2D eigenvalue weighted by atomic mass is 10.2. The third-order valence-corrected chi connectivity index (χ3v) is 3.63. The molecule has 0 saturated carbocycles. The molecule has 0 saturated heterocycles. The highest BCUT2D eigenvalue weighted by Gasteiger charge is 2.12. The fourth-order valence-electron chi connectivity index (χ4n) is 1.74. The van der Waals surface area contributed by atoms with Gasteiger partial charge in [-0.2, -0.15) is 0 Å². The molecule has 7 heteroatoms. The van der Waals surface area contributed by atoms with Gasteiger partial charge in [0.25, 0.3) is 0 Å². The van der Waals surface area contributed by atoms with Crippen LogP contribution in [0.15, 0.2) is 53.0 Å². The van der Waals surface area contributed by atoms with Gasteiger partial charge in [-0.25, -0.2) is 19.9 Å². The van der Waals surface area contributed by atoms with Crippen molar-refractivity contribution in [2.24, 2.45) is 5.73 Å². The van der Waals surface area contributed by atoms with Crippen LogP contribution in [-0.2, 0) is 0 Å². The van der Waals surface area contributed by atoms with E-state index in [0.717, 1.165) is 15.9 Å². The molecule has 0 aliphatic rings. The van der Waals surface area contributed by atoms with Gasteiger partial charge in [0, 0.05) is 17.8 Å². The van der Waals surface area contributed by atoms with E-state index in [2.05, 4.69) is 19.9 Å². The summed E-state index contributed by atoms with van der Waals surface area (Å²) in [5.74, 6) is -0.112. The summed E-state index contributed by atoms with van der Waals surface area (Å²) in [5, 5.41) is 9.79. The zero-order valence-corrected chi connectivity index (χ0v) is 11.1. The molecule has 0 spiro atoms. The molecule has 0 fully saturated rings. The van der Waals surface area contributed by atoms with Crippen LogP contribution in [0.25, 0.3) is 10.9 Å². The number of fused-ring (bicyclic) bond motifs is 1. The summed E-state index contributed by atoms with van der Waals surface area (Å²) < 4.78 is 0. The second kappa shape index (κ2) is 5.22. The number of hydrogen-bond donors (Lipinski definition) is 2. The van der Waals surface area contributed by atoms with E-state index in [-0.39, 0.29) is 5.84 Å². The van der Waals surface area contributed by atoms with E-state index in [4.69, 9.17) is 11.1 Å². The largest absolute Gasteiger partial charge is 0.382 e. The maximum Gasteiger partial charge on any atom is 0.144 e. The Kier molecular flexibility index (Phi) is 3.26. The lowest BCUT2D eigenvalue weighted by Crippen LogP contribution is -2.15. The number of benzene rings is 1. The molecule has 0 amide bonds. The van der Waals surface area contributed by atoms with Crippen LogP contribution in [0.4, 0.5) is 0 Å². The summed E-state index contributed by atoms with van der Waals surface area (Å²) in [4.78, 5) is 16.8. The number of para-hydroxylation sites is 1. The summed E-state index contributed by atoms with van der Waals surface area (Å²) >= 11 is 1.33. The van der Waals surface area contributed by atoms with Gasteiger partial charge in [0.2, 0.25) is 0 Å². The van der Waals surface area contributed by atoms with E-state index < -0.39 is 0 Å². The van der Waals surface area contributed by atoms with E-state index in [0.29, 0.717) is 10.7 Å². The standard InChI is InChI=1S/C13H10N6S/c14-11(15)10-13(17-6-5-16-10)20-12-8-3-1-2-4-9(8)18-7-19-12/h1-7H,(H3,14,15). The molecular weight excluding hydrogens is 272 g/mol. The second-order valence-corrected chi connectivity index (χ2v) is 4.90. The van der Waals surface area contributed by atoms with Crippen LogP contribution in [0.5, 0.6) is 0 Å². The quantitative estimate of drug-likeness (QED) is 0.432. The molecule has 0 radical (unpaired) electrons. The third kappa shape index (κ3) is 2.30. The minimum atomic E-state index is -0.112. The lowest BCUT2D eigenvalue weighted by molar-refractivity contribution is 1.02. The first-order chi connectivity index (χ1) is 9.75. The summed E-state index contributed by atoms with van der Waals surface area (Å²) in [6.07, 6.45) is 4.59. The normalized spacial score (nSPS) is 10.6. The highest BCUT2D eigenvalue weighted by atomic mass is 32.2. The van der Waals surface area contributed by atoms with Crippen molar-refractivity contribution in [2.75, 3.05) is 0 Å². The molecule has 3 N–H and O–H groups in total. The van der Waals surface area contributed by atoms with Crippen molar-refractivity contribution in [2.45, 2.75) is 10.1 Å². The first kappa shape index (κ1) is 12.5. The Labute approximate surface area is 119 Å². The minimum absolute atomic E-state index is 0.112. The predicted octanol–water partition coefficient (Wildman–Crippen LogP) is 1.86. The van der Waals surface area contributed by atoms with Crippen molar-refractivity contribution in [3.8, 4) is 0 Å². The summed E-state index contributed by atoms with van der Waals surface area (Å²) in [7, 11) is 0. The number of nitrogens with zero attached hydrogens (tertiary/aromatic N) is 4. The van der Waals surface area contributed by atoms with Crippen molar-refractivity contribution in [3.63, 3.8) is 0 Å². The molecule has 3 rings (SSSR count). The Morgan fingerprint density at radius 3 is 2.65 bits per heavy atom. The van der Waals surface area contributed by atoms with Crippen molar-refractivity contribution in [1.82, 2.24) is 19.9 Å². The van der Waals surface area contributed by atoms with Gasteiger partial charge < -0.3 is 5.73 Å². The number of nitrogens with one attached hydrogen (secondary N) is 1. The van der Waals surface area contributed by atoms with Crippen LogP contribution in [0, 0.1) is 5.41 Å². The molecule has 6 nitrogen and oxygen atoms in total. The molecule has 2 heterocycles.